The maximum Gasteiger partial charge on any atom is 0.332 e. The van der Waals surface area contributed by atoms with Gasteiger partial charge < -0.3 is 9.47 Å². The second-order valence-electron chi connectivity index (χ2n) is 2.15. The molecule has 0 bridgehead atoms. The second-order valence-corrected chi connectivity index (χ2v) is 2.15. The van der Waals surface area contributed by atoms with Crippen molar-refractivity contribution in [3.63, 3.8) is 0 Å². The van der Waals surface area contributed by atoms with Crippen LogP contribution in [0.3, 0.4) is 0 Å². The molecule has 0 aromatic rings. The summed E-state index contributed by atoms with van der Waals surface area (Å²) in [4.78, 5) is 10.2. The van der Waals surface area contributed by atoms with Gasteiger partial charge in [-0.1, -0.05) is 19.7 Å². The van der Waals surface area contributed by atoms with E-state index in [-0.39, 0.29) is 5.97 Å². The lowest BCUT2D eigenvalue weighted by molar-refractivity contribution is -0.136. The van der Waals surface area contributed by atoms with Crippen molar-refractivity contribution in [3.8, 4) is 0 Å². The first-order valence-corrected chi connectivity index (χ1v) is 4.08. The number of carbonyl (C=O) groups is 1. The van der Waals surface area contributed by atoms with Crippen LogP contribution < -0.4 is 0 Å². The molecule has 15 heavy (non-hydrogen) atoms. The van der Waals surface area contributed by atoms with Crippen molar-refractivity contribution < 1.29 is 14.3 Å². The average Bonchev–Trinajstić information content (AvgIpc) is 2.30. The molecule has 0 saturated heterocycles. The third-order valence-corrected chi connectivity index (χ3v) is 1.02. The molecular weight excluding hydrogens is 192 g/mol. The Morgan fingerprint density at radius 2 is 1.53 bits per heavy atom. The summed E-state index contributed by atoms with van der Waals surface area (Å²) < 4.78 is 8.86. The summed E-state index contributed by atoms with van der Waals surface area (Å²) in [6.07, 6.45) is 1.56. The molecule has 0 aromatic heterocycles. The summed E-state index contributed by atoms with van der Waals surface area (Å²) in [6.45, 7) is 17.8. The number of rotatable bonds is 3. The molecule has 0 atom stereocenters. The number of allylic oxidation sites excluding steroid dienone is 1. The molecule has 3 nitrogen and oxygen atoms in total. The minimum absolute atomic E-state index is 0.347. The number of hydrogen-bond acceptors (Lipinski definition) is 3. The number of esters is 1. The van der Waals surface area contributed by atoms with Gasteiger partial charge in [0.1, 0.15) is 5.76 Å². The SMILES string of the molecule is C=C.C=C(C)C(=O)OC.C=CC(=C)OC. The quantitative estimate of drug-likeness (QED) is 0.237. The Kier molecular flexibility index (Phi) is 18.6. The average molecular weight is 212 g/mol. The van der Waals surface area contributed by atoms with Crippen LogP contribution in [0.1, 0.15) is 6.92 Å². The minimum atomic E-state index is -0.347. The first kappa shape index (κ1) is 18.9. The zero-order chi connectivity index (χ0) is 12.9. The van der Waals surface area contributed by atoms with Gasteiger partial charge in [0.15, 0.2) is 0 Å². The van der Waals surface area contributed by atoms with Gasteiger partial charge in [-0.05, 0) is 13.0 Å². The maximum absolute atomic E-state index is 10.2. The van der Waals surface area contributed by atoms with E-state index in [1.54, 1.807) is 20.1 Å². The van der Waals surface area contributed by atoms with E-state index in [9.17, 15) is 4.79 Å². The van der Waals surface area contributed by atoms with Gasteiger partial charge in [0, 0.05) is 5.57 Å². The smallest absolute Gasteiger partial charge is 0.332 e. The predicted octanol–water partition coefficient (Wildman–Crippen LogP) is 2.87. The third-order valence-electron chi connectivity index (χ3n) is 1.02. The highest BCUT2D eigenvalue weighted by atomic mass is 16.5. The van der Waals surface area contributed by atoms with Gasteiger partial charge in [-0.3, -0.25) is 0 Å². The number of ether oxygens (including phenoxy) is 2. The number of methoxy groups -OCH3 is 2. The van der Waals surface area contributed by atoms with Crippen LogP contribution in [-0.4, -0.2) is 20.2 Å². The number of carbonyl (C=O) groups excluding carboxylic acids is 1. The van der Waals surface area contributed by atoms with E-state index in [0.717, 1.165) is 0 Å². The minimum Gasteiger partial charge on any atom is -0.497 e. The van der Waals surface area contributed by atoms with E-state index in [1.807, 2.05) is 0 Å². The summed E-state index contributed by atoms with van der Waals surface area (Å²) in [6, 6.07) is 0. The van der Waals surface area contributed by atoms with Crippen molar-refractivity contribution in [3.05, 3.63) is 50.3 Å². The molecule has 0 heterocycles. The molecule has 3 heteroatoms. The van der Waals surface area contributed by atoms with Crippen LogP contribution in [0.2, 0.25) is 0 Å². The van der Waals surface area contributed by atoms with Gasteiger partial charge in [0.05, 0.1) is 14.2 Å². The van der Waals surface area contributed by atoms with Crippen molar-refractivity contribution in [2.24, 2.45) is 0 Å². The number of hydrogen-bond donors (Lipinski definition) is 0. The van der Waals surface area contributed by atoms with E-state index in [0.29, 0.717) is 11.3 Å². The highest BCUT2D eigenvalue weighted by molar-refractivity contribution is 5.86. The van der Waals surface area contributed by atoms with Gasteiger partial charge in [-0.25, -0.2) is 4.79 Å². The van der Waals surface area contributed by atoms with Crippen molar-refractivity contribution in [2.45, 2.75) is 6.92 Å². The fourth-order valence-corrected chi connectivity index (χ4v) is 0.258. The Morgan fingerprint density at radius 1 is 1.13 bits per heavy atom. The lowest BCUT2D eigenvalue weighted by Crippen LogP contribution is -1.98. The molecule has 0 spiro atoms. The van der Waals surface area contributed by atoms with Crippen LogP contribution >= 0.6 is 0 Å². The summed E-state index contributed by atoms with van der Waals surface area (Å²) in [5, 5.41) is 0. The zero-order valence-electron chi connectivity index (χ0n) is 9.84. The van der Waals surface area contributed by atoms with E-state index < -0.39 is 0 Å². The van der Waals surface area contributed by atoms with Crippen LogP contribution in [0.25, 0.3) is 0 Å². The Hall–Kier alpha value is -1.77. The second kappa shape index (κ2) is 14.7. The van der Waals surface area contributed by atoms with Gasteiger partial charge in [-0.15, -0.1) is 13.2 Å². The molecule has 0 rings (SSSR count). The van der Waals surface area contributed by atoms with Crippen molar-refractivity contribution in [2.75, 3.05) is 14.2 Å². The Labute approximate surface area is 92.4 Å². The molecule has 0 saturated carbocycles. The molecule has 86 valence electrons. The Balaban J connectivity index is -0.000000166. The largest absolute Gasteiger partial charge is 0.497 e. The fourth-order valence-electron chi connectivity index (χ4n) is 0.258. The molecule has 0 unspecified atom stereocenters. The van der Waals surface area contributed by atoms with Crippen LogP contribution in [0.15, 0.2) is 50.3 Å². The lowest BCUT2D eigenvalue weighted by atomic mass is 10.4. The summed E-state index contributed by atoms with van der Waals surface area (Å²) in [5.41, 5.74) is 0.433. The van der Waals surface area contributed by atoms with Gasteiger partial charge in [0.25, 0.3) is 0 Å². The zero-order valence-corrected chi connectivity index (χ0v) is 9.84. The highest BCUT2D eigenvalue weighted by Gasteiger charge is 1.95. The lowest BCUT2D eigenvalue weighted by Gasteiger charge is -1.91. The van der Waals surface area contributed by atoms with Crippen molar-refractivity contribution in [1.82, 2.24) is 0 Å². The van der Waals surface area contributed by atoms with E-state index in [4.69, 9.17) is 0 Å². The fraction of sp³-hybridized carbons (Fsp3) is 0.250. The van der Waals surface area contributed by atoms with Crippen LogP contribution in [0.4, 0.5) is 0 Å². The van der Waals surface area contributed by atoms with E-state index in [2.05, 4.69) is 42.4 Å². The van der Waals surface area contributed by atoms with E-state index >= 15 is 0 Å². The highest BCUT2D eigenvalue weighted by Crippen LogP contribution is 1.87. The first-order valence-electron chi connectivity index (χ1n) is 4.08. The predicted molar refractivity (Wildman–Crippen MR) is 64.4 cm³/mol. The molecule has 0 aliphatic rings. The topological polar surface area (TPSA) is 35.5 Å². The molecule has 0 N–H and O–H groups in total. The van der Waals surface area contributed by atoms with Gasteiger partial charge in [0.2, 0.25) is 0 Å². The standard InChI is InChI=1S/C5H8O2.C5H8O.C2H4/c1-4(2)5(6)7-3;1-4-5(2)6-3;1-2/h1H2,2-3H3;4H,1-2H2,3H3;1-2H2. The molecule has 0 amide bonds. The van der Waals surface area contributed by atoms with Crippen LogP contribution in [0.5, 0.6) is 0 Å². The molecule has 0 aliphatic heterocycles. The molecule has 0 aliphatic carbocycles. The maximum atomic E-state index is 10.2. The van der Waals surface area contributed by atoms with Crippen LogP contribution in [0, 0.1) is 0 Å². The van der Waals surface area contributed by atoms with Crippen LogP contribution in [-0.2, 0) is 14.3 Å². The Bertz CT molecular complexity index is 217. The Morgan fingerprint density at radius 3 is 1.53 bits per heavy atom. The molecule has 0 fully saturated rings. The summed E-state index contributed by atoms with van der Waals surface area (Å²) in [7, 11) is 2.89. The summed E-state index contributed by atoms with van der Waals surface area (Å²) in [5.74, 6) is 0.259. The molecular formula is C12H20O3. The van der Waals surface area contributed by atoms with Gasteiger partial charge >= 0.3 is 5.97 Å². The van der Waals surface area contributed by atoms with Gasteiger partial charge in [-0.2, -0.15) is 0 Å². The van der Waals surface area contributed by atoms with Crippen molar-refractivity contribution in [1.29, 1.82) is 0 Å². The third kappa shape index (κ3) is 18.9. The summed E-state index contributed by atoms with van der Waals surface area (Å²) >= 11 is 0. The normalized spacial score (nSPS) is 6.60. The molecule has 0 aromatic carbocycles. The molecule has 0 radical (unpaired) electrons. The first-order chi connectivity index (χ1) is 6.99. The van der Waals surface area contributed by atoms with Crippen molar-refractivity contribution >= 4 is 5.97 Å². The monoisotopic (exact) mass is 212 g/mol. The van der Waals surface area contributed by atoms with E-state index in [1.165, 1.54) is 7.11 Å².